The molecule has 0 bridgehead atoms. The first kappa shape index (κ1) is 28.1. The summed E-state index contributed by atoms with van der Waals surface area (Å²) in [4.78, 5) is 0. The SMILES string of the molecule is CCCCCCCCCC(CCCCC(O)CCCC)S(=O)(=O)[O-].[Na+]. The summed E-state index contributed by atoms with van der Waals surface area (Å²) in [6.45, 7) is 4.28. The van der Waals surface area contributed by atoms with E-state index >= 15 is 0 Å². The first-order chi connectivity index (χ1) is 11.4. The zero-order valence-electron chi connectivity index (χ0n) is 16.8. The Hall–Kier alpha value is 0.870. The van der Waals surface area contributed by atoms with Crippen LogP contribution in [0.1, 0.15) is 110 Å². The van der Waals surface area contributed by atoms with Gasteiger partial charge >= 0.3 is 29.6 Å². The second kappa shape index (κ2) is 18.2. The van der Waals surface area contributed by atoms with Crippen molar-refractivity contribution in [2.24, 2.45) is 0 Å². The van der Waals surface area contributed by atoms with Crippen molar-refractivity contribution in [3.8, 4) is 0 Å². The van der Waals surface area contributed by atoms with Crippen molar-refractivity contribution in [2.45, 2.75) is 122 Å². The van der Waals surface area contributed by atoms with Crippen molar-refractivity contribution in [1.82, 2.24) is 0 Å². The molecule has 0 aromatic carbocycles. The van der Waals surface area contributed by atoms with Gasteiger partial charge in [-0.1, -0.05) is 84.5 Å². The molecule has 0 aromatic rings. The number of hydrogen-bond acceptors (Lipinski definition) is 4. The van der Waals surface area contributed by atoms with Crippen molar-refractivity contribution in [2.75, 3.05) is 0 Å². The maximum absolute atomic E-state index is 11.4. The first-order valence-corrected chi connectivity index (χ1v) is 11.5. The second-order valence-electron chi connectivity index (χ2n) is 7.11. The van der Waals surface area contributed by atoms with Crippen molar-refractivity contribution >= 4 is 10.1 Å². The topological polar surface area (TPSA) is 77.4 Å². The minimum atomic E-state index is -4.19. The molecule has 0 aromatic heterocycles. The van der Waals surface area contributed by atoms with Crippen LogP contribution in [-0.4, -0.2) is 29.4 Å². The van der Waals surface area contributed by atoms with E-state index in [1.54, 1.807) is 0 Å². The number of unbranched alkanes of at least 4 members (excludes halogenated alkanes) is 8. The van der Waals surface area contributed by atoms with Crippen LogP contribution in [0.4, 0.5) is 0 Å². The van der Waals surface area contributed by atoms with E-state index in [-0.39, 0.29) is 35.7 Å². The summed E-state index contributed by atoms with van der Waals surface area (Å²) in [7, 11) is -4.19. The molecule has 2 unspecified atom stereocenters. The van der Waals surface area contributed by atoms with Gasteiger partial charge < -0.3 is 9.66 Å². The third kappa shape index (κ3) is 18.0. The molecule has 1 N–H and O–H groups in total. The molecular weight excluding hydrogens is 347 g/mol. The third-order valence-corrected chi connectivity index (χ3v) is 6.03. The molecule has 146 valence electrons. The molecule has 0 radical (unpaired) electrons. The van der Waals surface area contributed by atoms with E-state index in [0.29, 0.717) is 25.7 Å². The number of rotatable bonds is 17. The summed E-state index contributed by atoms with van der Waals surface area (Å²) in [5, 5.41) is 9.05. The van der Waals surface area contributed by atoms with Crippen LogP contribution >= 0.6 is 0 Å². The zero-order valence-corrected chi connectivity index (χ0v) is 19.7. The molecule has 0 spiro atoms. The molecule has 0 rings (SSSR count). The van der Waals surface area contributed by atoms with Crippen LogP contribution in [0.3, 0.4) is 0 Å². The van der Waals surface area contributed by atoms with Gasteiger partial charge in [0.1, 0.15) is 0 Å². The van der Waals surface area contributed by atoms with Gasteiger partial charge in [0.05, 0.1) is 16.2 Å². The Bertz CT molecular complexity index is 374. The molecule has 6 heteroatoms. The minimum absolute atomic E-state index is 0. The monoisotopic (exact) mass is 386 g/mol. The van der Waals surface area contributed by atoms with E-state index < -0.39 is 15.4 Å². The Morgan fingerprint density at radius 2 is 1.12 bits per heavy atom. The molecule has 0 aliphatic rings. The van der Waals surface area contributed by atoms with E-state index in [9.17, 15) is 18.1 Å². The average Bonchev–Trinajstić information content (AvgIpc) is 2.52. The first-order valence-electron chi connectivity index (χ1n) is 10.0. The van der Waals surface area contributed by atoms with Crippen LogP contribution in [0.25, 0.3) is 0 Å². The van der Waals surface area contributed by atoms with Crippen molar-refractivity contribution < 1.29 is 47.6 Å². The van der Waals surface area contributed by atoms with Crippen LogP contribution < -0.4 is 29.6 Å². The number of aliphatic hydroxyl groups is 1. The Morgan fingerprint density at radius 3 is 1.64 bits per heavy atom. The van der Waals surface area contributed by atoms with Crippen molar-refractivity contribution in [3.63, 3.8) is 0 Å². The van der Waals surface area contributed by atoms with Gasteiger partial charge in [0.15, 0.2) is 0 Å². The van der Waals surface area contributed by atoms with Gasteiger partial charge in [-0.2, -0.15) is 0 Å². The molecule has 0 fully saturated rings. The summed E-state index contributed by atoms with van der Waals surface area (Å²) in [6, 6.07) is 0. The van der Waals surface area contributed by atoms with Gasteiger partial charge in [-0.05, 0) is 25.7 Å². The fourth-order valence-corrected chi connectivity index (χ4v) is 4.01. The molecule has 25 heavy (non-hydrogen) atoms. The molecule has 0 heterocycles. The fourth-order valence-electron chi connectivity index (χ4n) is 3.10. The summed E-state index contributed by atoms with van der Waals surface area (Å²) in [5.41, 5.74) is 0. The zero-order chi connectivity index (χ0) is 18.3. The van der Waals surface area contributed by atoms with E-state index in [2.05, 4.69) is 13.8 Å². The normalized spacial score (nSPS) is 14.1. The number of hydrogen-bond donors (Lipinski definition) is 1. The van der Waals surface area contributed by atoms with E-state index in [1.807, 2.05) is 0 Å². The average molecular weight is 387 g/mol. The number of aliphatic hydroxyl groups excluding tert-OH is 1. The van der Waals surface area contributed by atoms with E-state index in [1.165, 1.54) is 25.7 Å². The second-order valence-corrected chi connectivity index (χ2v) is 8.76. The van der Waals surface area contributed by atoms with Crippen LogP contribution in [0.5, 0.6) is 0 Å². The molecular formula is C19H39NaO4S. The molecule has 0 saturated heterocycles. The molecule has 0 aliphatic carbocycles. The molecule has 0 amide bonds. The van der Waals surface area contributed by atoms with E-state index in [4.69, 9.17) is 0 Å². The maximum atomic E-state index is 11.4. The van der Waals surface area contributed by atoms with Gasteiger partial charge in [0.25, 0.3) is 0 Å². The molecule has 0 aliphatic heterocycles. The van der Waals surface area contributed by atoms with Gasteiger partial charge in [0.2, 0.25) is 0 Å². The van der Waals surface area contributed by atoms with Crippen LogP contribution in [0.2, 0.25) is 0 Å². The summed E-state index contributed by atoms with van der Waals surface area (Å²) < 4.78 is 34.2. The van der Waals surface area contributed by atoms with Gasteiger partial charge in [0, 0.05) is 5.25 Å². The maximum Gasteiger partial charge on any atom is 1.00 e. The predicted molar refractivity (Wildman–Crippen MR) is 100 cm³/mol. The van der Waals surface area contributed by atoms with Crippen molar-refractivity contribution in [3.05, 3.63) is 0 Å². The van der Waals surface area contributed by atoms with Gasteiger partial charge in [-0.25, -0.2) is 8.42 Å². The Morgan fingerprint density at radius 1 is 0.720 bits per heavy atom. The smallest absolute Gasteiger partial charge is 0.748 e. The van der Waals surface area contributed by atoms with Gasteiger partial charge in [-0.3, -0.25) is 0 Å². The van der Waals surface area contributed by atoms with Crippen molar-refractivity contribution in [1.29, 1.82) is 0 Å². The standard InChI is InChI=1S/C19H40O4S.Na/c1-3-5-7-8-9-10-11-16-19(24(21,22)23)17-13-12-15-18(20)14-6-4-2;/h18-20H,3-17H2,1-2H3,(H,21,22,23);/q;+1/p-1. The van der Waals surface area contributed by atoms with E-state index in [0.717, 1.165) is 44.9 Å². The van der Waals surface area contributed by atoms with Crippen LogP contribution in [0, 0.1) is 0 Å². The molecule has 4 nitrogen and oxygen atoms in total. The largest absolute Gasteiger partial charge is 1.00 e. The fraction of sp³-hybridized carbons (Fsp3) is 1.00. The Balaban J connectivity index is 0. The minimum Gasteiger partial charge on any atom is -0.748 e. The molecule has 0 saturated carbocycles. The quantitative estimate of drug-likeness (QED) is 0.236. The Kier molecular flexibility index (Phi) is 20.5. The Labute approximate surface area is 178 Å². The van der Waals surface area contributed by atoms with Crippen LogP contribution in [-0.2, 0) is 10.1 Å². The summed E-state index contributed by atoms with van der Waals surface area (Å²) in [6.07, 6.45) is 13.7. The third-order valence-electron chi connectivity index (χ3n) is 4.74. The molecule has 2 atom stereocenters. The summed E-state index contributed by atoms with van der Waals surface area (Å²) in [5.74, 6) is 0. The predicted octanol–water partition coefficient (Wildman–Crippen LogP) is 2.16. The summed E-state index contributed by atoms with van der Waals surface area (Å²) >= 11 is 0. The van der Waals surface area contributed by atoms with Crippen LogP contribution in [0.15, 0.2) is 0 Å². The van der Waals surface area contributed by atoms with Gasteiger partial charge in [-0.15, -0.1) is 0 Å².